The van der Waals surface area contributed by atoms with Crippen molar-refractivity contribution < 1.29 is 60.8 Å². The van der Waals surface area contributed by atoms with E-state index in [-0.39, 0.29) is 34.1 Å². The second-order valence-corrected chi connectivity index (χ2v) is 18.3. The number of H-pyrrole nitrogens is 1. The number of aromatic nitrogens is 8. The van der Waals surface area contributed by atoms with Crippen molar-refractivity contribution in [3.05, 3.63) is 40.9 Å². The van der Waals surface area contributed by atoms with Gasteiger partial charge in [0.25, 0.3) is 5.56 Å². The molecule has 0 amide bonds. The van der Waals surface area contributed by atoms with Crippen molar-refractivity contribution in [2.24, 2.45) is 0 Å². The minimum atomic E-state index is -4.67. The molecule has 3 aliphatic rings. The van der Waals surface area contributed by atoms with Crippen molar-refractivity contribution >= 4 is 77.0 Å². The number of alkyl halides is 1. The zero-order chi connectivity index (χ0) is 37.8. The Labute approximate surface area is 304 Å². The van der Waals surface area contributed by atoms with Crippen LogP contribution in [0.1, 0.15) is 26.3 Å². The number of nitrogens with two attached hydrogens (primary N) is 2. The van der Waals surface area contributed by atoms with Crippen LogP contribution in [0, 0.1) is 0 Å². The number of ether oxygens (including phenoxy) is 4. The molecule has 0 radical (unpaired) electrons. The lowest BCUT2D eigenvalue weighted by Crippen LogP contribution is -2.35. The second-order valence-electron chi connectivity index (χ2n) is 11.6. The highest BCUT2D eigenvalue weighted by molar-refractivity contribution is 8.55. The predicted octanol–water partition coefficient (Wildman–Crippen LogP) is 1.49. The van der Waals surface area contributed by atoms with Crippen LogP contribution in [0.25, 0.3) is 22.3 Å². The van der Waals surface area contributed by atoms with Crippen LogP contribution in [-0.2, 0) is 53.4 Å². The van der Waals surface area contributed by atoms with E-state index in [0.29, 0.717) is 11.4 Å². The number of aliphatic hydroxyl groups is 1. The molecule has 286 valence electrons. The van der Waals surface area contributed by atoms with E-state index in [1.54, 1.807) is 13.8 Å². The summed E-state index contributed by atoms with van der Waals surface area (Å²) in [5, 5.41) is 11.4. The number of fused-ring (bicyclic) bond motifs is 4. The summed E-state index contributed by atoms with van der Waals surface area (Å²) in [5.41, 5.74) is 10.9. The number of rotatable bonds is 6. The molecule has 1 fully saturated rings. The molecule has 7 unspecified atom stereocenters. The third-order valence-corrected chi connectivity index (χ3v) is 12.4. The number of aliphatic hydroxyl groups excluding tert-OH is 1. The van der Waals surface area contributed by atoms with Gasteiger partial charge in [0.2, 0.25) is 18.3 Å². The standard InChI is InChI=1S/C25H29FN10O13P2S2/c1-9(2)45-25(39)42-8-53-51(41)44-4-11-16(12(26)22(47-11)35-6-31-13-18(27)29-5-30-19(13)35)48-50(40,52)43-3-10-15(37)17(49-51)23(46-10)36-7-32-14-20(36)33-24(28)34-21(14)38/h5-7,9-10,12,15,17,22-23,37H,3-4,8H2,1-2H3,(H,40,52)(H2,27,29,30)(H3,28,33,34,38)/t10-,12?,15?,17?,22?,23?,50?,51?/m1/s1. The van der Waals surface area contributed by atoms with Crippen molar-refractivity contribution in [3.8, 4) is 0 Å². The van der Waals surface area contributed by atoms with Crippen LogP contribution in [0.5, 0.6) is 0 Å². The molecule has 8 atom stereocenters. The zero-order valence-electron chi connectivity index (χ0n) is 27.2. The molecule has 7 heterocycles. The Bertz CT molecular complexity index is 2260. The molecule has 0 spiro atoms. The van der Waals surface area contributed by atoms with Crippen LogP contribution in [0.15, 0.2) is 35.3 Å². The van der Waals surface area contributed by atoms with Crippen molar-refractivity contribution in [1.29, 1.82) is 0 Å². The number of hydrogen-bond acceptors (Lipinski definition) is 21. The van der Waals surface area contributed by atoms with Crippen molar-refractivity contribution in [3.63, 3.8) is 0 Å². The van der Waals surface area contributed by atoms with E-state index in [4.69, 9.17) is 60.3 Å². The highest BCUT2D eigenvalue weighted by Crippen LogP contribution is 2.64. The molecule has 0 aliphatic carbocycles. The van der Waals surface area contributed by atoms with Crippen LogP contribution >= 0.6 is 24.9 Å². The number of hydrogen-bond donors (Lipinski definition) is 5. The third-order valence-electron chi connectivity index (χ3n) is 7.68. The zero-order valence-corrected chi connectivity index (χ0v) is 30.6. The fourth-order valence-corrected chi connectivity index (χ4v) is 9.35. The van der Waals surface area contributed by atoms with Crippen molar-refractivity contribution in [2.75, 3.05) is 30.6 Å². The molecule has 3 aliphatic heterocycles. The summed E-state index contributed by atoms with van der Waals surface area (Å²) in [7, 11) is 0. The number of nitrogens with zero attached hydrogens (tertiary/aromatic N) is 7. The molecule has 0 aromatic carbocycles. The molecule has 53 heavy (non-hydrogen) atoms. The fourth-order valence-electron chi connectivity index (χ4n) is 5.40. The molecule has 0 saturated carbocycles. The van der Waals surface area contributed by atoms with Gasteiger partial charge in [0.15, 0.2) is 46.3 Å². The molecule has 1 saturated heterocycles. The summed E-state index contributed by atoms with van der Waals surface area (Å²) in [6, 6.07) is 0. The number of halogens is 1. The molecule has 28 heteroatoms. The van der Waals surface area contributed by atoms with E-state index in [9.17, 15) is 24.2 Å². The Morgan fingerprint density at radius 3 is 2.66 bits per heavy atom. The van der Waals surface area contributed by atoms with Crippen LogP contribution in [0.3, 0.4) is 0 Å². The summed E-state index contributed by atoms with van der Waals surface area (Å²) < 4.78 is 77.8. The Kier molecular flexibility index (Phi) is 10.1. The fraction of sp³-hybridized carbons (Fsp3) is 0.480. The van der Waals surface area contributed by atoms with Gasteiger partial charge in [0, 0.05) is 23.2 Å². The lowest BCUT2D eigenvalue weighted by Gasteiger charge is -2.26. The Balaban J connectivity index is 1.25. The van der Waals surface area contributed by atoms with E-state index in [2.05, 4.69) is 29.9 Å². The SMILES string of the molecule is CC(C)OC(=O)OCSP1(=O)OCC2=C(OP(O)(=S)OC[C@H]3OC(n4cnc5c(=O)[nH]c(N)nc54)C(O1)C3O)C(F)C(n1cnc3c(N)ncnc31)O2. The first-order chi connectivity index (χ1) is 25.1. The van der Waals surface area contributed by atoms with Gasteiger partial charge in [-0.25, -0.2) is 33.7 Å². The second kappa shape index (κ2) is 14.4. The first-order valence-corrected chi connectivity index (χ1v) is 21.0. The maximum absolute atomic E-state index is 16.3. The first kappa shape index (κ1) is 37.3. The summed E-state index contributed by atoms with van der Waals surface area (Å²) >= 11 is 5.53. The number of nitrogens with one attached hydrogen (secondary N) is 1. The van der Waals surface area contributed by atoms with E-state index in [1.165, 1.54) is 15.5 Å². The van der Waals surface area contributed by atoms with Gasteiger partial charge in [-0.2, -0.15) is 4.98 Å². The maximum Gasteiger partial charge on any atom is 0.509 e. The van der Waals surface area contributed by atoms with Gasteiger partial charge in [-0.15, -0.1) is 0 Å². The van der Waals surface area contributed by atoms with Gasteiger partial charge < -0.3 is 44.9 Å². The third kappa shape index (κ3) is 7.43. The summed E-state index contributed by atoms with van der Waals surface area (Å²) in [5.74, 6) is -2.06. The predicted molar refractivity (Wildman–Crippen MR) is 181 cm³/mol. The largest absolute Gasteiger partial charge is 0.509 e. The first-order valence-electron chi connectivity index (χ1n) is 15.2. The number of nitrogen functional groups attached to an aromatic ring is 2. The van der Waals surface area contributed by atoms with Crippen LogP contribution in [0.4, 0.5) is 21.0 Å². The van der Waals surface area contributed by atoms with Crippen LogP contribution < -0.4 is 17.0 Å². The molecule has 7 N–H and O–H groups in total. The smallest absolute Gasteiger partial charge is 0.465 e. The minimum absolute atomic E-state index is 0.00514. The topological polar surface area (TPSA) is 308 Å². The van der Waals surface area contributed by atoms with Gasteiger partial charge in [-0.3, -0.25) is 32.5 Å². The highest BCUT2D eigenvalue weighted by atomic mass is 32.7. The Morgan fingerprint density at radius 2 is 1.91 bits per heavy atom. The van der Waals surface area contributed by atoms with Crippen molar-refractivity contribution in [1.82, 2.24) is 39.0 Å². The van der Waals surface area contributed by atoms with Gasteiger partial charge in [-0.1, -0.05) is 0 Å². The normalized spacial score (nSPS) is 30.7. The number of aromatic amines is 1. The Morgan fingerprint density at radius 1 is 1.17 bits per heavy atom. The minimum Gasteiger partial charge on any atom is -0.465 e. The lowest BCUT2D eigenvalue weighted by molar-refractivity contribution is -0.0472. The molecule has 4 aromatic heterocycles. The van der Waals surface area contributed by atoms with Gasteiger partial charge >= 0.3 is 19.7 Å². The number of anilines is 2. The summed E-state index contributed by atoms with van der Waals surface area (Å²) in [4.78, 5) is 58.2. The van der Waals surface area contributed by atoms with Crippen LogP contribution in [-0.4, -0.2) is 105 Å². The van der Waals surface area contributed by atoms with Gasteiger partial charge in [0.05, 0.1) is 19.0 Å². The average molecular weight is 823 g/mol. The maximum atomic E-state index is 16.3. The summed E-state index contributed by atoms with van der Waals surface area (Å²) in [6.45, 7) is -7.48. The van der Waals surface area contributed by atoms with Gasteiger partial charge in [0.1, 0.15) is 43.1 Å². The van der Waals surface area contributed by atoms with E-state index in [1.807, 2.05) is 0 Å². The molecular formula is C25H29FN10O13P2S2. The van der Waals surface area contributed by atoms with Crippen LogP contribution in [0.2, 0.25) is 0 Å². The van der Waals surface area contributed by atoms with E-state index in [0.717, 1.165) is 12.7 Å². The lowest BCUT2D eigenvalue weighted by atomic mass is 10.1. The monoisotopic (exact) mass is 822 g/mol. The average Bonchev–Trinajstić information content (AvgIpc) is 3.84. The molecule has 2 bridgehead atoms. The Hall–Kier alpha value is -3.97. The van der Waals surface area contributed by atoms with E-state index < -0.39 is 98.9 Å². The molecule has 4 aromatic rings. The number of imidazole rings is 2. The molecular weight excluding hydrogens is 793 g/mol. The molecule has 7 rings (SSSR count). The number of carbonyl (C=O) groups is 1. The van der Waals surface area contributed by atoms with E-state index >= 15 is 4.39 Å². The van der Waals surface area contributed by atoms with Gasteiger partial charge in [-0.05, 0) is 13.8 Å². The van der Waals surface area contributed by atoms with Crippen molar-refractivity contribution in [2.45, 2.75) is 56.9 Å². The highest BCUT2D eigenvalue weighted by Gasteiger charge is 2.52. The molecule has 23 nitrogen and oxygen atoms in total. The quantitative estimate of drug-likeness (QED) is 0.104. The number of carbonyl (C=O) groups excluding carboxylic acids is 1. The summed E-state index contributed by atoms with van der Waals surface area (Å²) in [6.07, 6.45) is -8.20.